The number of anilines is 1. The Kier molecular flexibility index (Phi) is 6.82. The molecule has 4 aliphatic rings. The molecule has 0 radical (unpaired) electrons. The molecular formula is C35H35F2N5O3. The van der Waals surface area contributed by atoms with Crippen LogP contribution in [0, 0.1) is 36.3 Å². The summed E-state index contributed by atoms with van der Waals surface area (Å²) in [6.07, 6.45) is 11.2. The number of benzene rings is 2. The molecule has 4 aromatic rings. The Labute approximate surface area is 260 Å². The molecule has 45 heavy (non-hydrogen) atoms. The van der Waals surface area contributed by atoms with Crippen molar-refractivity contribution in [2.45, 2.75) is 50.8 Å². The number of nitrogens with zero attached hydrogens (tertiary/aromatic N) is 3. The second-order valence-electron chi connectivity index (χ2n) is 13.0. The van der Waals surface area contributed by atoms with Crippen molar-refractivity contribution in [3.63, 3.8) is 0 Å². The van der Waals surface area contributed by atoms with Gasteiger partial charge in [-0.05, 0) is 69.3 Å². The summed E-state index contributed by atoms with van der Waals surface area (Å²) < 4.78 is 44.7. The van der Waals surface area contributed by atoms with Crippen molar-refractivity contribution in [1.29, 1.82) is 0 Å². The smallest absolute Gasteiger partial charge is 0.219 e. The minimum absolute atomic E-state index is 0.00949. The Morgan fingerprint density at radius 2 is 1.91 bits per heavy atom. The average Bonchev–Trinajstić information content (AvgIpc) is 3.58. The molecule has 2 aromatic heterocycles. The van der Waals surface area contributed by atoms with Crippen LogP contribution in [0.5, 0.6) is 11.6 Å². The molecule has 3 atom stereocenters. The van der Waals surface area contributed by atoms with Gasteiger partial charge in [0.1, 0.15) is 29.2 Å². The van der Waals surface area contributed by atoms with Crippen molar-refractivity contribution < 1.29 is 23.4 Å². The highest BCUT2D eigenvalue weighted by atomic mass is 19.1. The van der Waals surface area contributed by atoms with Gasteiger partial charge in [-0.2, -0.15) is 4.98 Å². The second-order valence-corrected chi connectivity index (χ2v) is 13.0. The molecule has 1 spiro atoms. The summed E-state index contributed by atoms with van der Waals surface area (Å²) in [6.45, 7) is 6.17. The van der Waals surface area contributed by atoms with Crippen LogP contribution < -0.4 is 20.3 Å². The summed E-state index contributed by atoms with van der Waals surface area (Å²) in [7, 11) is 0. The Morgan fingerprint density at radius 1 is 1.13 bits per heavy atom. The van der Waals surface area contributed by atoms with Gasteiger partial charge in [-0.25, -0.2) is 8.78 Å². The number of fused-ring (bicyclic) bond motifs is 4. The fourth-order valence-electron chi connectivity index (χ4n) is 7.96. The first-order chi connectivity index (χ1) is 21.8. The topological polar surface area (TPSA) is 91.8 Å². The highest BCUT2D eigenvalue weighted by Gasteiger charge is 2.47. The van der Waals surface area contributed by atoms with Gasteiger partial charge in [0.05, 0.1) is 18.8 Å². The van der Waals surface area contributed by atoms with Crippen LogP contribution in [0.4, 0.5) is 14.6 Å². The SMILES string of the molecule is C#Cc1c(F)ccc2cc(O)cc(-c3ncc4c(N5CC6CCC(C5)N6)nc(OC5COCC56CCNCC6)c(C)c4c3F)c12. The molecule has 0 saturated carbocycles. The van der Waals surface area contributed by atoms with Crippen molar-refractivity contribution in [3.8, 4) is 35.2 Å². The van der Waals surface area contributed by atoms with E-state index in [9.17, 15) is 9.50 Å². The largest absolute Gasteiger partial charge is 0.508 e. The maximum atomic E-state index is 17.1. The van der Waals surface area contributed by atoms with Crippen LogP contribution in [0.25, 0.3) is 32.8 Å². The number of ether oxygens (including phenoxy) is 2. The number of hydrogen-bond acceptors (Lipinski definition) is 8. The monoisotopic (exact) mass is 611 g/mol. The van der Waals surface area contributed by atoms with Gasteiger partial charge in [0.2, 0.25) is 5.88 Å². The second kappa shape index (κ2) is 10.8. The maximum Gasteiger partial charge on any atom is 0.219 e. The molecule has 2 bridgehead atoms. The Hall–Kier alpha value is -4.04. The van der Waals surface area contributed by atoms with Crippen molar-refractivity contribution in [2.75, 3.05) is 44.3 Å². The highest BCUT2D eigenvalue weighted by molar-refractivity contribution is 6.04. The van der Waals surface area contributed by atoms with E-state index >= 15 is 4.39 Å². The van der Waals surface area contributed by atoms with E-state index in [1.54, 1.807) is 6.20 Å². The van der Waals surface area contributed by atoms with Gasteiger partial charge < -0.3 is 30.1 Å². The predicted octanol–water partition coefficient (Wildman–Crippen LogP) is 4.81. The maximum absolute atomic E-state index is 17.1. The zero-order valence-corrected chi connectivity index (χ0v) is 25.1. The number of piperazine rings is 1. The number of rotatable bonds is 4. The van der Waals surface area contributed by atoms with Gasteiger partial charge in [0.15, 0.2) is 5.82 Å². The molecule has 10 heteroatoms. The number of aromatic nitrogens is 2. The van der Waals surface area contributed by atoms with E-state index in [0.717, 1.165) is 51.9 Å². The van der Waals surface area contributed by atoms with Crippen LogP contribution in [-0.4, -0.2) is 72.7 Å². The Bertz CT molecular complexity index is 1870. The van der Waals surface area contributed by atoms with Crippen molar-refractivity contribution in [1.82, 2.24) is 20.6 Å². The zero-order valence-electron chi connectivity index (χ0n) is 25.1. The summed E-state index contributed by atoms with van der Waals surface area (Å²) in [6, 6.07) is 6.31. The van der Waals surface area contributed by atoms with Gasteiger partial charge in [0, 0.05) is 64.1 Å². The molecule has 8 nitrogen and oxygen atoms in total. The minimum atomic E-state index is -0.602. The molecular weight excluding hydrogens is 576 g/mol. The number of pyridine rings is 2. The number of piperidine rings is 1. The van der Waals surface area contributed by atoms with Crippen LogP contribution in [0.2, 0.25) is 0 Å². The predicted molar refractivity (Wildman–Crippen MR) is 169 cm³/mol. The summed E-state index contributed by atoms with van der Waals surface area (Å²) in [5.41, 5.74) is 0.605. The minimum Gasteiger partial charge on any atom is -0.508 e. The molecule has 4 fully saturated rings. The third kappa shape index (κ3) is 4.59. The molecule has 3 N–H and O–H groups in total. The molecule has 232 valence electrons. The molecule has 4 saturated heterocycles. The Morgan fingerprint density at radius 3 is 2.67 bits per heavy atom. The number of halogens is 2. The lowest BCUT2D eigenvalue weighted by Gasteiger charge is -2.38. The van der Waals surface area contributed by atoms with E-state index in [0.29, 0.717) is 64.1 Å². The molecule has 2 aromatic carbocycles. The fourth-order valence-corrected chi connectivity index (χ4v) is 7.96. The molecule has 6 heterocycles. The van der Waals surface area contributed by atoms with E-state index in [-0.39, 0.29) is 34.1 Å². The molecule has 4 aliphatic heterocycles. The lowest BCUT2D eigenvalue weighted by Crippen LogP contribution is -2.51. The van der Waals surface area contributed by atoms with Crippen LogP contribution in [0.1, 0.15) is 36.8 Å². The van der Waals surface area contributed by atoms with E-state index in [1.807, 2.05) is 6.92 Å². The quantitative estimate of drug-likeness (QED) is 0.284. The van der Waals surface area contributed by atoms with E-state index in [1.165, 1.54) is 24.3 Å². The Balaban J connectivity index is 1.33. The third-order valence-electron chi connectivity index (χ3n) is 10.3. The molecule has 3 unspecified atom stereocenters. The van der Waals surface area contributed by atoms with Gasteiger partial charge in [-0.3, -0.25) is 4.98 Å². The summed E-state index contributed by atoms with van der Waals surface area (Å²) in [4.78, 5) is 11.9. The van der Waals surface area contributed by atoms with Gasteiger partial charge in [-0.1, -0.05) is 12.0 Å². The average molecular weight is 612 g/mol. The van der Waals surface area contributed by atoms with Crippen LogP contribution in [-0.2, 0) is 4.74 Å². The number of aryl methyl sites for hydroxylation is 1. The van der Waals surface area contributed by atoms with Crippen molar-refractivity contribution in [3.05, 3.63) is 53.2 Å². The summed E-state index contributed by atoms with van der Waals surface area (Å²) >= 11 is 0. The van der Waals surface area contributed by atoms with Crippen LogP contribution in [0.3, 0.4) is 0 Å². The first-order valence-corrected chi connectivity index (χ1v) is 15.7. The number of hydrogen-bond donors (Lipinski definition) is 3. The number of phenolic OH excluding ortho intramolecular Hbond substituents is 1. The number of aromatic hydroxyl groups is 1. The van der Waals surface area contributed by atoms with Gasteiger partial charge in [-0.15, -0.1) is 6.42 Å². The standard InChI is InChI=1S/C35H35F2N5O3/c1-3-24-27(36)7-4-20-12-23(43)13-25(30(20)24)32-31(37)29-19(2)34(45-28-17-44-18-35(28)8-10-38-11-9-35)41-33(26(29)14-39-32)42-15-21-5-6-22(16-42)40-21/h1,4,7,12-14,21-22,28,38,40,43H,5-6,8-11,15-18H2,2H3. The van der Waals surface area contributed by atoms with Crippen molar-refractivity contribution in [2.24, 2.45) is 5.41 Å². The first-order valence-electron chi connectivity index (χ1n) is 15.7. The highest BCUT2D eigenvalue weighted by Crippen LogP contribution is 2.44. The molecule has 0 aliphatic carbocycles. The lowest BCUT2D eigenvalue weighted by atomic mass is 9.76. The van der Waals surface area contributed by atoms with Gasteiger partial charge in [0.25, 0.3) is 0 Å². The first kappa shape index (κ1) is 28.4. The van der Waals surface area contributed by atoms with E-state index in [4.69, 9.17) is 20.9 Å². The summed E-state index contributed by atoms with van der Waals surface area (Å²) in [5.74, 6) is 2.12. The zero-order chi connectivity index (χ0) is 30.9. The van der Waals surface area contributed by atoms with E-state index in [2.05, 4.69) is 26.4 Å². The third-order valence-corrected chi connectivity index (χ3v) is 10.3. The van der Waals surface area contributed by atoms with Gasteiger partial charge >= 0.3 is 0 Å². The van der Waals surface area contributed by atoms with Crippen molar-refractivity contribution >= 4 is 27.4 Å². The van der Waals surface area contributed by atoms with Crippen LogP contribution >= 0.6 is 0 Å². The van der Waals surface area contributed by atoms with E-state index < -0.39 is 11.6 Å². The normalized spacial score (nSPS) is 24.0. The number of terminal acetylenes is 1. The summed E-state index contributed by atoms with van der Waals surface area (Å²) in [5, 5.41) is 19.4. The fraction of sp³-hybridized carbons (Fsp3) is 0.429. The lowest BCUT2D eigenvalue weighted by molar-refractivity contribution is 0.0591. The molecule has 8 rings (SSSR count). The number of nitrogens with one attached hydrogen (secondary N) is 2. The molecule has 0 amide bonds. The van der Waals surface area contributed by atoms with Crippen LogP contribution in [0.15, 0.2) is 30.5 Å². The number of phenols is 1.